The van der Waals surface area contributed by atoms with Crippen LogP contribution in [0.1, 0.15) is 39.1 Å². The number of carbonyl (C=O) groups excluding carboxylic acids is 1. The molecule has 0 saturated carbocycles. The summed E-state index contributed by atoms with van der Waals surface area (Å²) in [5.41, 5.74) is 2.82. The van der Waals surface area contributed by atoms with Crippen LogP contribution in [0.3, 0.4) is 0 Å². The van der Waals surface area contributed by atoms with Gasteiger partial charge in [-0.15, -0.1) is 24.5 Å². The Bertz CT molecular complexity index is 1560. The number of phenolic OH excluding ortho intramolecular Hbond substituents is 1. The molecule has 208 valence electrons. The fourth-order valence-electron chi connectivity index (χ4n) is 4.67. The minimum absolute atomic E-state index is 0.141. The highest BCUT2D eigenvalue weighted by Gasteiger charge is 2.34. The highest BCUT2D eigenvalue weighted by Crippen LogP contribution is 2.45. The first-order valence-corrected chi connectivity index (χ1v) is 12.9. The number of nitrogens with zero attached hydrogens (tertiary/aromatic N) is 2. The number of anilines is 1. The number of carbonyl (C=O) groups is 1. The lowest BCUT2D eigenvalue weighted by molar-refractivity contribution is -0.274. The molecule has 1 unspecified atom stereocenters. The summed E-state index contributed by atoms with van der Waals surface area (Å²) in [5.74, 6) is -0.332. The molecule has 4 aromatic rings. The zero-order chi connectivity index (χ0) is 28.6. The zero-order valence-electron chi connectivity index (χ0n) is 21.6. The molecule has 0 spiro atoms. The van der Waals surface area contributed by atoms with Crippen molar-refractivity contribution in [2.24, 2.45) is 0 Å². The summed E-state index contributed by atoms with van der Waals surface area (Å²) in [6.45, 7) is 3.51. The molecule has 0 fully saturated rings. The first-order valence-electron chi connectivity index (χ1n) is 12.0. The maximum Gasteiger partial charge on any atom is 0.573 e. The summed E-state index contributed by atoms with van der Waals surface area (Å²) in [4.78, 5) is 16.4. The first-order chi connectivity index (χ1) is 19.0. The fraction of sp³-hybridized carbons (Fsp3) is 0.214. The summed E-state index contributed by atoms with van der Waals surface area (Å²) < 4.78 is 53.3. The van der Waals surface area contributed by atoms with Crippen LogP contribution in [0.5, 0.6) is 17.2 Å². The van der Waals surface area contributed by atoms with Crippen LogP contribution in [0, 0.1) is 13.8 Å². The molecule has 1 aliphatic heterocycles. The van der Waals surface area contributed by atoms with Crippen molar-refractivity contribution < 1.29 is 37.1 Å². The van der Waals surface area contributed by atoms with Gasteiger partial charge >= 0.3 is 6.36 Å². The van der Waals surface area contributed by atoms with Crippen LogP contribution in [-0.4, -0.2) is 34.5 Å². The lowest BCUT2D eigenvalue weighted by atomic mass is 9.88. The standard InChI is InChI=1S/C28H24F3N3O5S/c1-15-25(16(2)39-33-15)32-27(36)21-14-34(13-17-6-4-7-18(10-17)38-28(29,30)31)26(24-8-5-9-40-24)20-12-23(37-3)22(35)11-19(20)21/h4-12,14,26,35H,13H2,1-3H3,(H,32,36). The third-order valence-electron chi connectivity index (χ3n) is 6.39. The van der Waals surface area contributed by atoms with E-state index in [-0.39, 0.29) is 29.4 Å². The van der Waals surface area contributed by atoms with Crippen molar-refractivity contribution in [1.82, 2.24) is 10.1 Å². The Hall–Kier alpha value is -4.45. The van der Waals surface area contributed by atoms with E-state index in [9.17, 15) is 23.1 Å². The third kappa shape index (κ3) is 5.48. The Morgan fingerprint density at radius 1 is 1.20 bits per heavy atom. The number of amides is 1. The van der Waals surface area contributed by atoms with Crippen molar-refractivity contribution in [3.05, 3.63) is 93.1 Å². The number of methoxy groups -OCH3 is 1. The maximum absolute atomic E-state index is 13.7. The van der Waals surface area contributed by atoms with Gasteiger partial charge in [0.25, 0.3) is 5.91 Å². The average molecular weight is 572 g/mol. The molecule has 5 rings (SSSR count). The van der Waals surface area contributed by atoms with Gasteiger partial charge in [-0.3, -0.25) is 4.79 Å². The van der Waals surface area contributed by atoms with E-state index >= 15 is 0 Å². The number of fused-ring (bicyclic) bond motifs is 1. The van der Waals surface area contributed by atoms with E-state index in [4.69, 9.17) is 9.26 Å². The van der Waals surface area contributed by atoms with Gasteiger partial charge in [0.2, 0.25) is 0 Å². The third-order valence-corrected chi connectivity index (χ3v) is 7.31. The van der Waals surface area contributed by atoms with Crippen LogP contribution >= 0.6 is 11.3 Å². The molecular formula is C28H24F3N3O5S. The number of benzene rings is 2. The van der Waals surface area contributed by atoms with E-state index in [0.29, 0.717) is 33.8 Å². The summed E-state index contributed by atoms with van der Waals surface area (Å²) >= 11 is 1.48. The SMILES string of the molecule is COc1cc2c(cc1O)C(C(=O)Nc1c(C)noc1C)=CN(Cc1cccc(OC(F)(F)F)c1)C2c1cccs1. The number of halogens is 3. The molecule has 0 aliphatic carbocycles. The number of thiophene rings is 1. The van der Waals surface area contributed by atoms with Crippen LogP contribution in [0.15, 0.2) is 64.6 Å². The molecule has 12 heteroatoms. The van der Waals surface area contributed by atoms with Crippen LogP contribution in [0.2, 0.25) is 0 Å². The molecule has 2 N–H and O–H groups in total. The molecule has 0 bridgehead atoms. The topological polar surface area (TPSA) is 97.1 Å². The van der Waals surface area contributed by atoms with E-state index in [1.807, 2.05) is 22.4 Å². The predicted molar refractivity (Wildman–Crippen MR) is 142 cm³/mol. The zero-order valence-corrected chi connectivity index (χ0v) is 22.4. The minimum atomic E-state index is -4.83. The van der Waals surface area contributed by atoms with Gasteiger partial charge in [0.1, 0.15) is 17.1 Å². The lowest BCUT2D eigenvalue weighted by Gasteiger charge is -2.37. The number of rotatable bonds is 7. The number of aromatic nitrogens is 1. The minimum Gasteiger partial charge on any atom is -0.504 e. The van der Waals surface area contributed by atoms with Gasteiger partial charge in [0, 0.05) is 17.6 Å². The first kappa shape index (κ1) is 27.1. The average Bonchev–Trinajstić information content (AvgIpc) is 3.53. The van der Waals surface area contributed by atoms with E-state index in [1.165, 1.54) is 42.7 Å². The molecule has 2 aromatic heterocycles. The van der Waals surface area contributed by atoms with Crippen molar-refractivity contribution >= 4 is 28.5 Å². The number of ether oxygens (including phenoxy) is 2. The van der Waals surface area contributed by atoms with E-state index in [2.05, 4.69) is 15.2 Å². The van der Waals surface area contributed by atoms with Crippen molar-refractivity contribution in [1.29, 1.82) is 0 Å². The largest absolute Gasteiger partial charge is 0.573 e. The Morgan fingerprint density at radius 3 is 2.65 bits per heavy atom. The maximum atomic E-state index is 13.7. The number of hydrogen-bond acceptors (Lipinski definition) is 8. The van der Waals surface area contributed by atoms with E-state index in [0.717, 1.165) is 4.88 Å². The van der Waals surface area contributed by atoms with Crippen LogP contribution in [0.25, 0.3) is 5.57 Å². The Labute approximate surface area is 231 Å². The quantitative estimate of drug-likeness (QED) is 0.260. The second-order valence-electron chi connectivity index (χ2n) is 9.09. The molecule has 8 nitrogen and oxygen atoms in total. The second kappa shape index (κ2) is 10.6. The van der Waals surface area contributed by atoms with Gasteiger partial charge < -0.3 is 29.3 Å². The number of aromatic hydroxyl groups is 1. The van der Waals surface area contributed by atoms with Crippen molar-refractivity contribution in [3.8, 4) is 17.2 Å². The predicted octanol–water partition coefficient (Wildman–Crippen LogP) is 6.55. The van der Waals surface area contributed by atoms with Crippen LogP contribution < -0.4 is 14.8 Å². The molecule has 3 heterocycles. The van der Waals surface area contributed by atoms with Crippen molar-refractivity contribution in [2.45, 2.75) is 32.8 Å². The molecular weight excluding hydrogens is 547 g/mol. The van der Waals surface area contributed by atoms with Gasteiger partial charge in [-0.1, -0.05) is 23.4 Å². The van der Waals surface area contributed by atoms with Gasteiger partial charge in [-0.05, 0) is 66.2 Å². The number of alkyl halides is 3. The van der Waals surface area contributed by atoms with Crippen molar-refractivity contribution in [3.63, 3.8) is 0 Å². The Kier molecular flexibility index (Phi) is 7.19. The van der Waals surface area contributed by atoms with Gasteiger partial charge in [0.15, 0.2) is 17.3 Å². The van der Waals surface area contributed by atoms with Crippen molar-refractivity contribution in [2.75, 3.05) is 12.4 Å². The smallest absolute Gasteiger partial charge is 0.504 e. The fourth-order valence-corrected chi connectivity index (χ4v) is 5.53. The summed E-state index contributed by atoms with van der Waals surface area (Å²) in [6, 6.07) is 12.2. The Balaban J connectivity index is 1.62. The normalized spacial score (nSPS) is 14.9. The highest BCUT2D eigenvalue weighted by molar-refractivity contribution is 7.10. The molecule has 40 heavy (non-hydrogen) atoms. The van der Waals surface area contributed by atoms with Gasteiger partial charge in [0.05, 0.1) is 18.7 Å². The number of aryl methyl sites for hydroxylation is 2. The molecule has 1 atom stereocenters. The lowest BCUT2D eigenvalue weighted by Crippen LogP contribution is -2.31. The molecule has 0 saturated heterocycles. The van der Waals surface area contributed by atoms with Crippen LogP contribution in [-0.2, 0) is 11.3 Å². The number of nitrogens with one attached hydrogen (secondary N) is 1. The number of phenols is 1. The molecule has 0 radical (unpaired) electrons. The van der Waals surface area contributed by atoms with Crippen LogP contribution in [0.4, 0.5) is 18.9 Å². The van der Waals surface area contributed by atoms with Gasteiger partial charge in [-0.2, -0.15) is 0 Å². The second-order valence-corrected chi connectivity index (χ2v) is 10.1. The van der Waals surface area contributed by atoms with E-state index < -0.39 is 18.3 Å². The molecule has 1 aliphatic rings. The monoisotopic (exact) mass is 571 g/mol. The highest BCUT2D eigenvalue weighted by atomic mass is 32.1. The number of hydrogen-bond donors (Lipinski definition) is 2. The summed E-state index contributed by atoms with van der Waals surface area (Å²) in [7, 11) is 1.43. The van der Waals surface area contributed by atoms with E-state index in [1.54, 1.807) is 32.2 Å². The molecule has 2 aromatic carbocycles. The summed E-state index contributed by atoms with van der Waals surface area (Å²) in [6.07, 6.45) is -3.19. The summed E-state index contributed by atoms with van der Waals surface area (Å²) in [5, 5.41) is 19.3. The van der Waals surface area contributed by atoms with Gasteiger partial charge in [-0.25, -0.2) is 0 Å². The Morgan fingerprint density at radius 2 is 2.00 bits per heavy atom. The molecule has 1 amide bonds.